The van der Waals surface area contributed by atoms with Crippen molar-refractivity contribution in [2.45, 2.75) is 0 Å². The van der Waals surface area contributed by atoms with Crippen molar-refractivity contribution in [2.75, 3.05) is 21.3 Å². The van der Waals surface area contributed by atoms with Gasteiger partial charge in [-0.2, -0.15) is 0 Å². The minimum absolute atomic E-state index is 0.248. The van der Waals surface area contributed by atoms with Crippen LogP contribution in [-0.2, 0) is 0 Å². The molecule has 0 aliphatic heterocycles. The number of amides is 2. The lowest BCUT2D eigenvalue weighted by Crippen LogP contribution is -2.41. The molecule has 0 unspecified atom stereocenters. The Morgan fingerprint density at radius 1 is 0.750 bits per heavy atom. The van der Waals surface area contributed by atoms with Gasteiger partial charge < -0.3 is 14.2 Å². The van der Waals surface area contributed by atoms with E-state index < -0.39 is 11.8 Å². The van der Waals surface area contributed by atoms with Crippen LogP contribution >= 0.6 is 0 Å². The normalized spacial score (nSPS) is 9.79. The van der Waals surface area contributed by atoms with Crippen LogP contribution in [0.3, 0.4) is 0 Å². The fourth-order valence-electron chi connectivity index (χ4n) is 2.06. The maximum absolute atomic E-state index is 12.2. The number of carbonyl (C=O) groups excluding carboxylic acids is 2. The molecule has 2 aromatic rings. The highest BCUT2D eigenvalue weighted by atomic mass is 16.5. The summed E-state index contributed by atoms with van der Waals surface area (Å²) in [5.74, 6) is 0.132. The van der Waals surface area contributed by atoms with E-state index in [1.807, 2.05) is 0 Å². The Balaban J connectivity index is 2.13. The van der Waals surface area contributed by atoms with Gasteiger partial charge in [0.2, 0.25) is 5.75 Å². The molecule has 7 heteroatoms. The highest BCUT2D eigenvalue weighted by Gasteiger charge is 2.17. The van der Waals surface area contributed by atoms with Crippen molar-refractivity contribution in [3.05, 3.63) is 53.6 Å². The minimum atomic E-state index is -0.515. The molecule has 0 saturated carbocycles. The first-order valence-corrected chi connectivity index (χ1v) is 7.06. The van der Waals surface area contributed by atoms with Crippen molar-refractivity contribution < 1.29 is 23.8 Å². The Labute approximate surface area is 139 Å². The second-order valence-corrected chi connectivity index (χ2v) is 4.69. The van der Waals surface area contributed by atoms with E-state index in [9.17, 15) is 9.59 Å². The van der Waals surface area contributed by atoms with Crippen molar-refractivity contribution in [2.24, 2.45) is 0 Å². The van der Waals surface area contributed by atoms with Gasteiger partial charge in [-0.3, -0.25) is 20.4 Å². The maximum Gasteiger partial charge on any atom is 0.269 e. The number of nitrogens with one attached hydrogen (secondary N) is 2. The lowest BCUT2D eigenvalue weighted by molar-refractivity contribution is 0.0846. The quantitative estimate of drug-likeness (QED) is 0.816. The number of rotatable bonds is 5. The highest BCUT2D eigenvalue weighted by molar-refractivity contribution is 5.99. The van der Waals surface area contributed by atoms with E-state index >= 15 is 0 Å². The van der Waals surface area contributed by atoms with Crippen molar-refractivity contribution in [3.8, 4) is 17.2 Å². The second-order valence-electron chi connectivity index (χ2n) is 4.69. The first-order valence-electron chi connectivity index (χ1n) is 7.06. The molecule has 0 aliphatic carbocycles. The lowest BCUT2D eigenvalue weighted by Gasteiger charge is -2.14. The van der Waals surface area contributed by atoms with E-state index in [-0.39, 0.29) is 5.56 Å². The molecule has 0 atom stereocenters. The molecule has 0 aliphatic rings. The molecule has 24 heavy (non-hydrogen) atoms. The fraction of sp³-hybridized carbons (Fsp3) is 0.176. The summed E-state index contributed by atoms with van der Waals surface area (Å²) < 4.78 is 15.6. The monoisotopic (exact) mass is 330 g/mol. The summed E-state index contributed by atoms with van der Waals surface area (Å²) >= 11 is 0. The summed E-state index contributed by atoms with van der Waals surface area (Å²) in [6.45, 7) is 0. The van der Waals surface area contributed by atoms with Gasteiger partial charge in [0.05, 0.1) is 21.3 Å². The molecule has 126 valence electrons. The van der Waals surface area contributed by atoms with Crippen LogP contribution in [0.15, 0.2) is 42.5 Å². The Hall–Kier alpha value is -3.22. The highest BCUT2D eigenvalue weighted by Crippen LogP contribution is 2.38. The molecule has 0 heterocycles. The molecule has 2 amide bonds. The van der Waals surface area contributed by atoms with Gasteiger partial charge in [-0.15, -0.1) is 0 Å². The molecule has 7 nitrogen and oxygen atoms in total. The largest absolute Gasteiger partial charge is 0.493 e. The number of methoxy groups -OCH3 is 3. The number of hydrogen-bond donors (Lipinski definition) is 2. The van der Waals surface area contributed by atoms with E-state index in [1.54, 1.807) is 30.3 Å². The van der Waals surface area contributed by atoms with Crippen molar-refractivity contribution in [3.63, 3.8) is 0 Å². The first-order chi connectivity index (χ1) is 11.6. The molecule has 0 fully saturated rings. The maximum atomic E-state index is 12.2. The predicted molar refractivity (Wildman–Crippen MR) is 87.5 cm³/mol. The van der Waals surface area contributed by atoms with Crippen LogP contribution in [0.25, 0.3) is 0 Å². The number of carbonyl (C=O) groups is 2. The summed E-state index contributed by atoms with van der Waals surface area (Å²) in [7, 11) is 4.38. The number of hydrogen-bond acceptors (Lipinski definition) is 5. The topological polar surface area (TPSA) is 85.9 Å². The van der Waals surface area contributed by atoms with E-state index in [1.165, 1.54) is 33.5 Å². The van der Waals surface area contributed by atoms with E-state index in [4.69, 9.17) is 14.2 Å². The molecule has 0 bridgehead atoms. The molecule has 2 rings (SSSR count). The molecule has 2 N–H and O–H groups in total. The second kappa shape index (κ2) is 7.87. The van der Waals surface area contributed by atoms with Crippen LogP contribution in [0.4, 0.5) is 0 Å². The molecule has 0 saturated heterocycles. The van der Waals surface area contributed by atoms with Crippen molar-refractivity contribution >= 4 is 11.8 Å². The third-order valence-corrected chi connectivity index (χ3v) is 3.25. The Bertz CT molecular complexity index is 706. The van der Waals surface area contributed by atoms with Crippen molar-refractivity contribution in [1.29, 1.82) is 0 Å². The van der Waals surface area contributed by atoms with Gasteiger partial charge in [-0.1, -0.05) is 18.2 Å². The summed E-state index contributed by atoms with van der Waals surface area (Å²) in [5.41, 5.74) is 5.38. The molecular formula is C17H18N2O5. The summed E-state index contributed by atoms with van der Waals surface area (Å²) in [4.78, 5) is 24.2. The smallest absolute Gasteiger partial charge is 0.269 e. The van der Waals surface area contributed by atoms with E-state index in [0.29, 0.717) is 22.8 Å². The van der Waals surface area contributed by atoms with E-state index in [0.717, 1.165) is 0 Å². The van der Waals surface area contributed by atoms with Gasteiger partial charge in [0, 0.05) is 11.1 Å². The number of benzene rings is 2. The third-order valence-electron chi connectivity index (χ3n) is 3.25. The number of ether oxygens (including phenoxy) is 3. The summed E-state index contributed by atoms with van der Waals surface area (Å²) in [6.07, 6.45) is 0. The molecule has 0 spiro atoms. The minimum Gasteiger partial charge on any atom is -0.493 e. The average Bonchev–Trinajstić information content (AvgIpc) is 2.65. The molecule has 0 radical (unpaired) electrons. The standard InChI is InChI=1S/C17H18N2O5/c1-22-13-9-12(10-14(23-2)15(13)24-3)17(21)19-18-16(20)11-7-5-4-6-8-11/h4-10H,1-3H3,(H,18,20)(H,19,21). The van der Waals surface area contributed by atoms with Crippen molar-refractivity contribution in [1.82, 2.24) is 10.9 Å². The van der Waals surface area contributed by atoms with Crippen LogP contribution in [0.1, 0.15) is 20.7 Å². The van der Waals surface area contributed by atoms with Crippen LogP contribution < -0.4 is 25.1 Å². The zero-order valence-electron chi connectivity index (χ0n) is 13.6. The average molecular weight is 330 g/mol. The van der Waals surface area contributed by atoms with Crippen LogP contribution in [0.5, 0.6) is 17.2 Å². The third kappa shape index (κ3) is 3.75. The van der Waals surface area contributed by atoms with Crippen LogP contribution in [0, 0.1) is 0 Å². The van der Waals surface area contributed by atoms with Gasteiger partial charge in [0.15, 0.2) is 11.5 Å². The van der Waals surface area contributed by atoms with Gasteiger partial charge in [-0.05, 0) is 24.3 Å². The SMILES string of the molecule is COc1cc(C(=O)NNC(=O)c2ccccc2)cc(OC)c1OC. The van der Waals surface area contributed by atoms with Crippen LogP contribution in [0.2, 0.25) is 0 Å². The zero-order valence-corrected chi connectivity index (χ0v) is 13.6. The van der Waals surface area contributed by atoms with Crippen LogP contribution in [-0.4, -0.2) is 33.1 Å². The fourth-order valence-corrected chi connectivity index (χ4v) is 2.06. The van der Waals surface area contributed by atoms with Gasteiger partial charge in [0.1, 0.15) is 0 Å². The summed E-state index contributed by atoms with van der Waals surface area (Å²) in [6, 6.07) is 11.5. The Morgan fingerprint density at radius 3 is 1.71 bits per heavy atom. The number of hydrazine groups is 1. The Morgan fingerprint density at radius 2 is 1.25 bits per heavy atom. The van der Waals surface area contributed by atoms with Gasteiger partial charge in [0.25, 0.3) is 11.8 Å². The van der Waals surface area contributed by atoms with Gasteiger partial charge >= 0.3 is 0 Å². The predicted octanol–water partition coefficient (Wildman–Crippen LogP) is 1.79. The first kappa shape index (κ1) is 17.1. The summed E-state index contributed by atoms with van der Waals surface area (Å²) in [5, 5.41) is 0. The lowest BCUT2D eigenvalue weighted by atomic mass is 10.1. The van der Waals surface area contributed by atoms with Gasteiger partial charge in [-0.25, -0.2) is 0 Å². The molecular weight excluding hydrogens is 312 g/mol. The Kier molecular flexibility index (Phi) is 5.62. The molecule has 2 aromatic carbocycles. The zero-order chi connectivity index (χ0) is 17.5. The van der Waals surface area contributed by atoms with E-state index in [2.05, 4.69) is 10.9 Å². The molecule has 0 aromatic heterocycles.